The molecule has 2 fully saturated rings. The summed E-state index contributed by atoms with van der Waals surface area (Å²) in [5.74, 6) is 0.517. The van der Waals surface area contributed by atoms with Gasteiger partial charge in [-0.05, 0) is 57.8 Å². The van der Waals surface area contributed by atoms with Crippen molar-refractivity contribution in [3.63, 3.8) is 0 Å². The third-order valence-electron chi connectivity index (χ3n) is 9.03. The van der Waals surface area contributed by atoms with Crippen LogP contribution in [0, 0.1) is 0 Å². The van der Waals surface area contributed by atoms with Crippen LogP contribution in [0.1, 0.15) is 49.4 Å². The first-order valence-electron chi connectivity index (χ1n) is 16.3. The molecule has 2 N–H and O–H groups in total. The summed E-state index contributed by atoms with van der Waals surface area (Å²) >= 11 is 1.18. The van der Waals surface area contributed by atoms with Gasteiger partial charge in [0, 0.05) is 79.2 Å². The van der Waals surface area contributed by atoms with Crippen LogP contribution in [-0.2, 0) is 40.4 Å². The number of nitrogens with one attached hydrogen (secondary N) is 1. The van der Waals surface area contributed by atoms with Gasteiger partial charge in [0.25, 0.3) is 0 Å². The van der Waals surface area contributed by atoms with E-state index in [1.54, 1.807) is 11.6 Å². The van der Waals surface area contributed by atoms with Gasteiger partial charge in [-0.2, -0.15) is 22.6 Å². The standard InChI is InChI=1S/C31H45F3N6O5S2/c1-3-45-30(42)35-23-8-13-38(14-9-23)19-24(41)20-40-27-10-15-39(47(2,43)44)21-25(27)29(36-40)22-6-7-26(31(32,33)34)28(18-22)46-17-16-37-11-4-5-12-37/h6-7,18,23-24,41H,3-5,8-17,19-21H2,1-2H3,(H,35,42). The largest absolute Gasteiger partial charge is 0.450 e. The number of sulfonamides is 1. The van der Waals surface area contributed by atoms with Crippen LogP contribution in [0.2, 0.25) is 0 Å². The van der Waals surface area contributed by atoms with Gasteiger partial charge in [0.1, 0.15) is 0 Å². The summed E-state index contributed by atoms with van der Waals surface area (Å²) in [6, 6.07) is 4.03. The third-order valence-corrected chi connectivity index (χ3v) is 11.3. The van der Waals surface area contributed by atoms with Crippen LogP contribution in [0.4, 0.5) is 18.0 Å². The van der Waals surface area contributed by atoms with Gasteiger partial charge in [-0.25, -0.2) is 13.2 Å². The number of aliphatic hydroxyl groups is 1. The number of piperidine rings is 1. The third kappa shape index (κ3) is 9.41. The second kappa shape index (κ2) is 15.5. The van der Waals surface area contributed by atoms with Gasteiger partial charge in [-0.1, -0.05) is 6.07 Å². The molecule has 1 atom stereocenters. The lowest BCUT2D eigenvalue weighted by Gasteiger charge is -2.33. The molecule has 2 saturated heterocycles. The maximum Gasteiger partial charge on any atom is 0.417 e. The van der Waals surface area contributed by atoms with Crippen LogP contribution in [0.15, 0.2) is 23.1 Å². The van der Waals surface area contributed by atoms with E-state index in [1.165, 1.54) is 28.2 Å². The van der Waals surface area contributed by atoms with Gasteiger partial charge in [-0.15, -0.1) is 11.8 Å². The molecule has 3 aliphatic rings. The van der Waals surface area contributed by atoms with E-state index in [-0.39, 0.29) is 30.6 Å². The monoisotopic (exact) mass is 702 g/mol. The van der Waals surface area contributed by atoms with Gasteiger partial charge in [0.2, 0.25) is 10.0 Å². The molecule has 0 aliphatic carbocycles. The Morgan fingerprint density at radius 2 is 1.85 bits per heavy atom. The number of rotatable bonds is 12. The number of likely N-dealkylation sites (tertiary alicyclic amines) is 2. The lowest BCUT2D eigenvalue weighted by atomic mass is 10.0. The highest BCUT2D eigenvalue weighted by Crippen LogP contribution is 2.40. The van der Waals surface area contributed by atoms with Gasteiger partial charge in [-0.3, -0.25) is 4.68 Å². The number of carbonyl (C=O) groups excluding carboxylic acids is 1. The second-order valence-electron chi connectivity index (χ2n) is 12.5. The Balaban J connectivity index is 1.35. The zero-order valence-corrected chi connectivity index (χ0v) is 28.6. The number of hydrogen-bond acceptors (Lipinski definition) is 9. The lowest BCUT2D eigenvalue weighted by Crippen LogP contribution is -2.47. The number of aliphatic hydroxyl groups excluding tert-OH is 1. The van der Waals surface area contributed by atoms with Crippen molar-refractivity contribution in [3.05, 3.63) is 35.0 Å². The van der Waals surface area contributed by atoms with Crippen LogP contribution >= 0.6 is 11.8 Å². The number of fused-ring (bicyclic) bond motifs is 1. The molecule has 1 aromatic carbocycles. The number of alkyl carbamates (subject to hydrolysis) is 1. The molecule has 3 aliphatic heterocycles. The molecule has 4 heterocycles. The summed E-state index contributed by atoms with van der Waals surface area (Å²) in [6.07, 6.45) is -0.578. The number of nitrogens with zero attached hydrogens (tertiary/aromatic N) is 5. The maximum absolute atomic E-state index is 14.0. The molecule has 1 amide bonds. The molecule has 1 aromatic heterocycles. The Morgan fingerprint density at radius 1 is 1.13 bits per heavy atom. The number of carbonyl (C=O) groups is 1. The van der Waals surface area contributed by atoms with Crippen molar-refractivity contribution in [2.24, 2.45) is 0 Å². The number of aromatic nitrogens is 2. The van der Waals surface area contributed by atoms with Gasteiger partial charge < -0.3 is 25.0 Å². The Bertz CT molecular complexity index is 1490. The number of halogens is 3. The first kappa shape index (κ1) is 35.9. The van der Waals surface area contributed by atoms with E-state index in [0.717, 1.165) is 56.8 Å². The summed E-state index contributed by atoms with van der Waals surface area (Å²) in [5, 5.41) is 18.8. The number of amides is 1. The smallest absolute Gasteiger partial charge is 0.417 e. The van der Waals surface area contributed by atoms with Crippen molar-refractivity contribution < 1.29 is 36.2 Å². The van der Waals surface area contributed by atoms with Crippen molar-refractivity contribution in [2.45, 2.75) is 75.3 Å². The van der Waals surface area contributed by atoms with E-state index >= 15 is 0 Å². The Kier molecular flexibility index (Phi) is 11.8. The van der Waals surface area contributed by atoms with Crippen LogP contribution < -0.4 is 5.32 Å². The van der Waals surface area contributed by atoms with Crippen LogP contribution in [0.3, 0.4) is 0 Å². The molecule has 262 valence electrons. The quantitative estimate of drug-likeness (QED) is 0.320. The molecule has 11 nitrogen and oxygen atoms in total. The number of alkyl halides is 3. The summed E-state index contributed by atoms with van der Waals surface area (Å²) in [7, 11) is -3.52. The zero-order chi connectivity index (χ0) is 33.8. The van der Waals surface area contributed by atoms with Crippen LogP contribution in [0.5, 0.6) is 0 Å². The minimum absolute atomic E-state index is 0.00734. The summed E-state index contributed by atoms with van der Waals surface area (Å²) in [5.41, 5.74) is 1.64. The highest BCUT2D eigenvalue weighted by atomic mass is 32.2. The molecule has 16 heteroatoms. The number of ether oxygens (including phenoxy) is 1. The van der Waals surface area contributed by atoms with Crippen molar-refractivity contribution >= 4 is 27.9 Å². The normalized spacial score (nSPS) is 19.5. The van der Waals surface area contributed by atoms with E-state index in [4.69, 9.17) is 9.84 Å². The summed E-state index contributed by atoms with van der Waals surface area (Å²) < 4.78 is 75.1. The summed E-state index contributed by atoms with van der Waals surface area (Å²) in [4.78, 5) is 16.3. The number of thioether (sulfide) groups is 1. The second-order valence-corrected chi connectivity index (χ2v) is 15.6. The van der Waals surface area contributed by atoms with Gasteiger partial charge in [0.05, 0.1) is 36.8 Å². The first-order valence-corrected chi connectivity index (χ1v) is 19.1. The fourth-order valence-corrected chi connectivity index (χ4v) is 8.51. The number of β-amino-alcohol motifs (C(OH)–C–C–N with tert-alkyl or cyclic N) is 1. The Hall–Kier alpha value is -2.37. The lowest BCUT2D eigenvalue weighted by molar-refractivity contribution is -0.139. The minimum atomic E-state index is -4.52. The fraction of sp³-hybridized carbons (Fsp3) is 0.677. The van der Waals surface area contributed by atoms with Crippen LogP contribution in [0.25, 0.3) is 11.3 Å². The molecule has 1 unspecified atom stereocenters. The molecular formula is C31H45F3N6O5S2. The molecule has 2 aromatic rings. The molecule has 0 bridgehead atoms. The summed E-state index contributed by atoms with van der Waals surface area (Å²) in [6.45, 7) is 6.89. The van der Waals surface area contributed by atoms with E-state index in [0.29, 0.717) is 61.8 Å². The number of hydrogen-bond donors (Lipinski definition) is 2. The van der Waals surface area contributed by atoms with Crippen molar-refractivity contribution in [3.8, 4) is 11.3 Å². The molecule has 0 spiro atoms. The highest BCUT2D eigenvalue weighted by Gasteiger charge is 2.35. The Labute approximate surface area is 278 Å². The molecular weight excluding hydrogens is 658 g/mol. The average molecular weight is 703 g/mol. The molecule has 0 radical (unpaired) electrons. The van der Waals surface area contributed by atoms with Crippen LogP contribution in [-0.4, -0.2) is 120 Å². The maximum atomic E-state index is 14.0. The molecule has 5 rings (SSSR count). The topological polar surface area (TPSA) is 120 Å². The SMILES string of the molecule is CCOC(=O)NC1CCN(CC(O)Cn2nc(-c3ccc(C(F)(F)F)c(SCCN4CCCC4)c3)c3c2CCN(S(C)(=O)=O)C3)CC1. The number of benzene rings is 1. The van der Waals surface area contributed by atoms with E-state index in [1.807, 2.05) is 0 Å². The van der Waals surface area contributed by atoms with Crippen molar-refractivity contribution in [2.75, 3.05) is 64.4 Å². The Morgan fingerprint density at radius 3 is 2.51 bits per heavy atom. The molecule has 0 saturated carbocycles. The van der Waals surface area contributed by atoms with Gasteiger partial charge in [0.15, 0.2) is 0 Å². The highest BCUT2D eigenvalue weighted by molar-refractivity contribution is 7.99. The zero-order valence-electron chi connectivity index (χ0n) is 27.0. The van der Waals surface area contributed by atoms with Crippen molar-refractivity contribution in [1.82, 2.24) is 29.2 Å². The average Bonchev–Trinajstić information content (AvgIpc) is 3.65. The van der Waals surface area contributed by atoms with E-state index in [2.05, 4.69) is 15.1 Å². The van der Waals surface area contributed by atoms with E-state index < -0.39 is 34.0 Å². The first-order chi connectivity index (χ1) is 22.3. The predicted octanol–water partition coefficient (Wildman–Crippen LogP) is 3.65. The predicted molar refractivity (Wildman–Crippen MR) is 174 cm³/mol. The molecule has 47 heavy (non-hydrogen) atoms. The van der Waals surface area contributed by atoms with Crippen molar-refractivity contribution in [1.29, 1.82) is 0 Å². The minimum Gasteiger partial charge on any atom is -0.450 e. The fourth-order valence-electron chi connectivity index (χ4n) is 6.60. The van der Waals surface area contributed by atoms with E-state index in [9.17, 15) is 31.5 Å². The van der Waals surface area contributed by atoms with Gasteiger partial charge >= 0.3 is 12.3 Å².